The summed E-state index contributed by atoms with van der Waals surface area (Å²) in [6.45, 7) is 9.44. The molecule has 1 aliphatic carbocycles. The Morgan fingerprint density at radius 3 is 2.59 bits per heavy atom. The molecule has 0 amide bonds. The van der Waals surface area contributed by atoms with Crippen LogP contribution in [0.5, 0.6) is 5.75 Å². The number of carbonyl (C=O) groups is 1. The summed E-state index contributed by atoms with van der Waals surface area (Å²) in [5.74, 6) is -0.896. The highest BCUT2D eigenvalue weighted by Gasteiger charge is 2.34. The van der Waals surface area contributed by atoms with Gasteiger partial charge in [0.15, 0.2) is 6.10 Å². The Hall–Kier alpha value is -2.44. The van der Waals surface area contributed by atoms with Crippen molar-refractivity contribution in [3.8, 4) is 16.9 Å². The van der Waals surface area contributed by atoms with E-state index in [0.717, 1.165) is 53.4 Å². The third kappa shape index (κ3) is 4.14. The molecule has 6 heteroatoms. The fourth-order valence-corrected chi connectivity index (χ4v) is 5.93. The van der Waals surface area contributed by atoms with Crippen LogP contribution in [0.3, 0.4) is 0 Å². The highest BCUT2D eigenvalue weighted by molar-refractivity contribution is 7.19. The molecule has 170 valence electrons. The summed E-state index contributed by atoms with van der Waals surface area (Å²) in [6.07, 6.45) is 3.84. The van der Waals surface area contributed by atoms with Gasteiger partial charge in [0.1, 0.15) is 10.6 Å². The number of pyridine rings is 1. The third-order valence-electron chi connectivity index (χ3n) is 6.03. The topological polar surface area (TPSA) is 79.7 Å². The molecule has 3 aromatic rings. The molecule has 0 aliphatic heterocycles. The maximum absolute atomic E-state index is 12.4. The van der Waals surface area contributed by atoms with Gasteiger partial charge in [-0.1, -0.05) is 19.1 Å². The summed E-state index contributed by atoms with van der Waals surface area (Å²) < 4.78 is 6.06. The molecule has 2 N–H and O–H groups in total. The van der Waals surface area contributed by atoms with Gasteiger partial charge in [-0.3, -0.25) is 0 Å². The Bertz CT molecular complexity index is 1190. The summed E-state index contributed by atoms with van der Waals surface area (Å²) in [5, 5.41) is 22.2. The van der Waals surface area contributed by atoms with Gasteiger partial charge in [-0.2, -0.15) is 0 Å². The van der Waals surface area contributed by atoms with Crippen LogP contribution in [0.4, 0.5) is 0 Å². The van der Waals surface area contributed by atoms with E-state index in [1.165, 1.54) is 10.4 Å². The van der Waals surface area contributed by atoms with Crippen molar-refractivity contribution in [3.05, 3.63) is 45.5 Å². The number of phenolic OH excluding ortho intramolecular Hbond substituents is 1. The molecule has 0 saturated carbocycles. The van der Waals surface area contributed by atoms with Crippen LogP contribution in [0.2, 0.25) is 0 Å². The number of aromatic nitrogens is 1. The van der Waals surface area contributed by atoms with Crippen molar-refractivity contribution in [2.75, 3.05) is 0 Å². The van der Waals surface area contributed by atoms with Crippen LogP contribution in [0.25, 0.3) is 21.3 Å². The maximum atomic E-state index is 12.4. The van der Waals surface area contributed by atoms with Gasteiger partial charge in [-0.25, -0.2) is 9.78 Å². The van der Waals surface area contributed by atoms with E-state index in [1.807, 2.05) is 46.8 Å². The molecule has 0 spiro atoms. The van der Waals surface area contributed by atoms with Crippen LogP contribution >= 0.6 is 11.3 Å². The van der Waals surface area contributed by atoms with Crippen LogP contribution in [-0.4, -0.2) is 26.8 Å². The lowest BCUT2D eigenvalue weighted by Crippen LogP contribution is -2.28. The monoisotopic (exact) mass is 453 g/mol. The van der Waals surface area contributed by atoms with E-state index in [9.17, 15) is 15.0 Å². The number of carboxylic acids is 1. The summed E-state index contributed by atoms with van der Waals surface area (Å²) in [7, 11) is 0. The Morgan fingerprint density at radius 2 is 1.97 bits per heavy atom. The van der Waals surface area contributed by atoms with Crippen LogP contribution < -0.4 is 0 Å². The van der Waals surface area contributed by atoms with Crippen molar-refractivity contribution in [1.29, 1.82) is 0 Å². The minimum absolute atomic E-state index is 0.160. The fraction of sp³-hybridized carbons (Fsp3) is 0.462. The molecule has 2 aromatic heterocycles. The quantitative estimate of drug-likeness (QED) is 0.470. The lowest BCUT2D eigenvalue weighted by Gasteiger charge is -2.28. The lowest BCUT2D eigenvalue weighted by atomic mass is 9.87. The summed E-state index contributed by atoms with van der Waals surface area (Å²) in [6, 6.07) is 5.69. The van der Waals surface area contributed by atoms with Crippen molar-refractivity contribution in [2.24, 2.45) is 0 Å². The predicted molar refractivity (Wildman–Crippen MR) is 129 cm³/mol. The highest BCUT2D eigenvalue weighted by Crippen LogP contribution is 2.47. The smallest absolute Gasteiger partial charge is 0.337 e. The lowest BCUT2D eigenvalue weighted by molar-refractivity contribution is -0.160. The van der Waals surface area contributed by atoms with E-state index in [-0.39, 0.29) is 5.75 Å². The Kier molecular flexibility index (Phi) is 6.03. The molecule has 0 saturated heterocycles. The highest BCUT2D eigenvalue weighted by atomic mass is 32.1. The van der Waals surface area contributed by atoms with E-state index in [4.69, 9.17) is 9.72 Å². The van der Waals surface area contributed by atoms with Crippen LogP contribution in [0.15, 0.2) is 18.2 Å². The second-order valence-electron chi connectivity index (χ2n) is 9.53. The fourth-order valence-electron chi connectivity index (χ4n) is 4.61. The van der Waals surface area contributed by atoms with E-state index >= 15 is 0 Å². The van der Waals surface area contributed by atoms with Crippen LogP contribution in [-0.2, 0) is 28.8 Å². The Morgan fingerprint density at radius 1 is 1.25 bits per heavy atom. The van der Waals surface area contributed by atoms with Crippen molar-refractivity contribution in [2.45, 2.75) is 78.4 Å². The van der Waals surface area contributed by atoms with Gasteiger partial charge in [0.05, 0.1) is 5.60 Å². The molecule has 1 aromatic carbocycles. The average Bonchev–Trinajstić information content (AvgIpc) is 3.08. The number of aromatic hydroxyl groups is 1. The Labute approximate surface area is 193 Å². The summed E-state index contributed by atoms with van der Waals surface area (Å²) in [5.41, 5.74) is 4.17. The molecular formula is C26H31NO4S. The number of hydrogen-bond acceptors (Lipinski definition) is 5. The van der Waals surface area contributed by atoms with Gasteiger partial charge in [0, 0.05) is 32.6 Å². The zero-order valence-electron chi connectivity index (χ0n) is 19.4. The van der Waals surface area contributed by atoms with E-state index in [0.29, 0.717) is 16.8 Å². The number of thiophene rings is 1. The van der Waals surface area contributed by atoms with E-state index in [1.54, 1.807) is 17.4 Å². The van der Waals surface area contributed by atoms with E-state index in [2.05, 4.69) is 0 Å². The molecular weight excluding hydrogens is 422 g/mol. The SMILES string of the molecule is CCc1ccc(-c2c([C@H](OC(C)(C)C)C(=O)O)c(C)nc3sc4c(c23)CCCC4)c(O)c1. The number of phenols is 1. The number of nitrogens with zero attached hydrogens (tertiary/aromatic N) is 1. The average molecular weight is 454 g/mol. The number of fused-ring (bicyclic) bond motifs is 3. The number of rotatable bonds is 5. The van der Waals surface area contributed by atoms with Gasteiger partial charge in [0.2, 0.25) is 0 Å². The van der Waals surface area contributed by atoms with E-state index < -0.39 is 17.7 Å². The van der Waals surface area contributed by atoms with Gasteiger partial charge >= 0.3 is 5.97 Å². The number of aliphatic carboxylic acids is 1. The molecule has 1 atom stereocenters. The summed E-state index contributed by atoms with van der Waals surface area (Å²) >= 11 is 1.70. The zero-order chi connectivity index (χ0) is 23.2. The van der Waals surface area contributed by atoms with Crippen molar-refractivity contribution in [1.82, 2.24) is 4.98 Å². The number of carboxylic acid groups (broad SMARTS) is 1. The minimum atomic E-state index is -1.19. The number of aryl methyl sites for hydroxylation is 4. The van der Waals surface area contributed by atoms with Crippen molar-refractivity contribution >= 4 is 27.5 Å². The van der Waals surface area contributed by atoms with Gasteiger partial charge < -0.3 is 14.9 Å². The second-order valence-corrected chi connectivity index (χ2v) is 10.6. The molecule has 2 heterocycles. The van der Waals surface area contributed by atoms with Gasteiger partial charge in [-0.05, 0) is 77.0 Å². The minimum Gasteiger partial charge on any atom is -0.507 e. The first-order valence-corrected chi connectivity index (χ1v) is 12.1. The third-order valence-corrected chi connectivity index (χ3v) is 7.21. The van der Waals surface area contributed by atoms with Crippen molar-refractivity contribution in [3.63, 3.8) is 0 Å². The Balaban J connectivity index is 2.10. The normalized spacial score (nSPS) is 15.0. The number of ether oxygens (including phenoxy) is 1. The van der Waals surface area contributed by atoms with Gasteiger partial charge in [-0.15, -0.1) is 11.3 Å². The zero-order valence-corrected chi connectivity index (χ0v) is 20.2. The van der Waals surface area contributed by atoms with Crippen molar-refractivity contribution < 1.29 is 19.7 Å². The molecule has 0 unspecified atom stereocenters. The molecule has 1 aliphatic rings. The van der Waals surface area contributed by atoms with Gasteiger partial charge in [0.25, 0.3) is 0 Å². The molecule has 0 fully saturated rings. The number of benzene rings is 1. The maximum Gasteiger partial charge on any atom is 0.337 e. The molecule has 0 bridgehead atoms. The predicted octanol–water partition coefficient (Wildman–Crippen LogP) is 6.36. The van der Waals surface area contributed by atoms with Crippen LogP contribution in [0.1, 0.15) is 73.9 Å². The molecule has 4 rings (SSSR count). The second kappa shape index (κ2) is 8.49. The first-order valence-electron chi connectivity index (χ1n) is 11.3. The molecule has 5 nitrogen and oxygen atoms in total. The largest absolute Gasteiger partial charge is 0.507 e. The molecule has 0 radical (unpaired) electrons. The van der Waals surface area contributed by atoms with Crippen LogP contribution in [0, 0.1) is 6.92 Å². The summed E-state index contributed by atoms with van der Waals surface area (Å²) in [4.78, 5) is 19.5. The number of hydrogen-bond donors (Lipinski definition) is 2. The standard InChI is InChI=1S/C26H31NO4S/c1-6-15-11-12-16(18(28)13-15)21-20(23(25(29)30)31-26(3,4)5)14(2)27-24-22(21)17-9-7-8-10-19(17)32-24/h11-13,23,28H,6-10H2,1-5H3,(H,29,30)/t23-/m0/s1. The first-order chi connectivity index (χ1) is 15.1. The molecule has 32 heavy (non-hydrogen) atoms. The first kappa shape index (κ1) is 22.7.